The summed E-state index contributed by atoms with van der Waals surface area (Å²) in [6.07, 6.45) is 0. The van der Waals surface area contributed by atoms with Crippen molar-refractivity contribution in [2.75, 3.05) is 0 Å². The van der Waals surface area contributed by atoms with Crippen LogP contribution in [0.5, 0.6) is 0 Å². The van der Waals surface area contributed by atoms with Gasteiger partial charge in [0.1, 0.15) is 11.2 Å². The molecule has 0 atom stereocenters. The van der Waals surface area contributed by atoms with Crippen LogP contribution in [0.25, 0.3) is 108 Å². The van der Waals surface area contributed by atoms with Gasteiger partial charge in [0.25, 0.3) is 0 Å². The second kappa shape index (κ2) is 12.5. The normalized spacial score (nSPS) is 11.7. The molecule has 252 valence electrons. The summed E-state index contributed by atoms with van der Waals surface area (Å²) in [6.45, 7) is 0. The van der Waals surface area contributed by atoms with Gasteiger partial charge in [-0.2, -0.15) is 0 Å². The molecule has 8 aromatic carbocycles. The summed E-state index contributed by atoms with van der Waals surface area (Å²) < 4.78 is 9.15. The van der Waals surface area contributed by atoms with E-state index in [1.165, 1.54) is 41.5 Å². The van der Waals surface area contributed by atoms with Gasteiger partial charge in [0.05, 0.1) is 0 Å². The van der Waals surface area contributed by atoms with Gasteiger partial charge < -0.3 is 4.42 Å². The van der Waals surface area contributed by atoms with Crippen LogP contribution in [0.15, 0.2) is 180 Å². The summed E-state index contributed by atoms with van der Waals surface area (Å²) in [5, 5.41) is 6.98. The van der Waals surface area contributed by atoms with Gasteiger partial charge >= 0.3 is 243 Å². The third-order valence-electron chi connectivity index (χ3n) is 10.4. The molecule has 54 heavy (non-hydrogen) atoms. The van der Waals surface area contributed by atoms with Crippen LogP contribution < -0.4 is 0 Å². The minimum atomic E-state index is 0.169. The van der Waals surface area contributed by atoms with E-state index in [1.807, 2.05) is 60.7 Å². The van der Waals surface area contributed by atoms with E-state index in [0.717, 1.165) is 49.4 Å². The molecular formula is C49H29N3OSe. The Balaban J connectivity index is 1.08. The zero-order valence-corrected chi connectivity index (χ0v) is 30.6. The van der Waals surface area contributed by atoms with Crippen molar-refractivity contribution in [2.45, 2.75) is 0 Å². The van der Waals surface area contributed by atoms with E-state index in [2.05, 4.69) is 115 Å². The zero-order chi connectivity index (χ0) is 35.6. The smallest absolute Gasteiger partial charge is 0.0615 e. The molecule has 0 amide bonds. The van der Waals surface area contributed by atoms with Gasteiger partial charge in [0, 0.05) is 5.39 Å². The van der Waals surface area contributed by atoms with Crippen molar-refractivity contribution in [3.8, 4) is 56.4 Å². The molecule has 4 nitrogen and oxygen atoms in total. The molecule has 0 N–H and O–H groups in total. The fraction of sp³-hybridized carbons (Fsp3) is 0. The predicted octanol–water partition coefficient (Wildman–Crippen LogP) is 12.6. The number of rotatable bonds is 5. The minimum absolute atomic E-state index is 0.169. The van der Waals surface area contributed by atoms with Gasteiger partial charge in [-0.3, -0.25) is 0 Å². The molecule has 3 heterocycles. The van der Waals surface area contributed by atoms with E-state index in [-0.39, 0.29) is 14.5 Å². The molecule has 0 aliphatic rings. The van der Waals surface area contributed by atoms with Crippen molar-refractivity contribution in [2.24, 2.45) is 0 Å². The van der Waals surface area contributed by atoms with Crippen LogP contribution in [-0.4, -0.2) is 29.5 Å². The molecule has 0 spiro atoms. The minimum Gasteiger partial charge on any atom is -0.0615 e. The first-order chi connectivity index (χ1) is 26.8. The van der Waals surface area contributed by atoms with Crippen LogP contribution in [0, 0.1) is 0 Å². The van der Waals surface area contributed by atoms with Crippen LogP contribution in [0.4, 0.5) is 0 Å². The van der Waals surface area contributed by atoms with Gasteiger partial charge in [-0.05, 0) is 12.1 Å². The molecule has 0 bridgehead atoms. The summed E-state index contributed by atoms with van der Waals surface area (Å²) in [5.74, 6) is 1.88. The first kappa shape index (κ1) is 30.9. The molecule has 0 saturated heterocycles. The Hall–Kier alpha value is -6.65. The third-order valence-corrected chi connectivity index (χ3v) is 13.1. The molecule has 0 aliphatic carbocycles. The van der Waals surface area contributed by atoms with Gasteiger partial charge in [-0.1, -0.05) is 42.5 Å². The second-order valence-corrected chi connectivity index (χ2v) is 15.7. The Labute approximate surface area is 316 Å². The first-order valence-electron chi connectivity index (χ1n) is 18.0. The predicted molar refractivity (Wildman–Crippen MR) is 224 cm³/mol. The summed E-state index contributed by atoms with van der Waals surface area (Å²) in [4.78, 5) is 15.4. The monoisotopic (exact) mass is 755 g/mol. The second-order valence-electron chi connectivity index (χ2n) is 13.5. The third kappa shape index (κ3) is 5.02. The van der Waals surface area contributed by atoms with Gasteiger partial charge in [-0.15, -0.1) is 0 Å². The van der Waals surface area contributed by atoms with Crippen molar-refractivity contribution in [3.05, 3.63) is 176 Å². The SMILES string of the molecule is c1ccc(-c2nc(-c3cccc4cc(-c5cccc6c5[se]c5c(-c7ccccc7)cccc56)ccc34)nc(-c3cccc4oc5ccccc5c34)n2)cc1. The Morgan fingerprint density at radius 2 is 0.907 bits per heavy atom. The fourth-order valence-corrected chi connectivity index (χ4v) is 10.7. The number of benzene rings is 8. The van der Waals surface area contributed by atoms with E-state index < -0.39 is 0 Å². The van der Waals surface area contributed by atoms with E-state index in [4.69, 9.17) is 19.4 Å². The molecule has 5 heteroatoms. The van der Waals surface area contributed by atoms with E-state index in [1.54, 1.807) is 0 Å². The van der Waals surface area contributed by atoms with Gasteiger partial charge in [0.15, 0.2) is 0 Å². The van der Waals surface area contributed by atoms with Crippen LogP contribution in [0.2, 0.25) is 0 Å². The average Bonchev–Trinajstić information content (AvgIpc) is 3.83. The van der Waals surface area contributed by atoms with E-state index in [0.29, 0.717) is 17.5 Å². The number of fused-ring (bicyclic) bond motifs is 7. The molecule has 0 saturated carbocycles. The Kier molecular flexibility index (Phi) is 7.16. The van der Waals surface area contributed by atoms with Crippen molar-refractivity contribution in [1.82, 2.24) is 15.0 Å². The molecule has 0 fully saturated rings. The molecule has 0 aliphatic heterocycles. The fourth-order valence-electron chi connectivity index (χ4n) is 7.83. The average molecular weight is 755 g/mol. The molecule has 0 unspecified atom stereocenters. The molecule has 11 aromatic rings. The number of hydrogen-bond acceptors (Lipinski definition) is 4. The van der Waals surface area contributed by atoms with Crippen LogP contribution in [0.1, 0.15) is 0 Å². The summed E-state index contributed by atoms with van der Waals surface area (Å²) in [5.41, 5.74) is 9.58. The van der Waals surface area contributed by atoms with Crippen molar-refractivity contribution < 1.29 is 4.42 Å². The topological polar surface area (TPSA) is 51.8 Å². The summed E-state index contributed by atoms with van der Waals surface area (Å²) in [6, 6.07) is 61.9. The van der Waals surface area contributed by atoms with Crippen LogP contribution in [-0.2, 0) is 0 Å². The number of nitrogens with zero attached hydrogens (tertiary/aromatic N) is 3. The maximum absolute atomic E-state index is 6.25. The number of aromatic nitrogens is 3. The Morgan fingerprint density at radius 3 is 1.69 bits per heavy atom. The maximum atomic E-state index is 6.25. The van der Waals surface area contributed by atoms with E-state index in [9.17, 15) is 0 Å². The van der Waals surface area contributed by atoms with Gasteiger partial charge in [0.2, 0.25) is 0 Å². The Morgan fingerprint density at radius 1 is 0.352 bits per heavy atom. The van der Waals surface area contributed by atoms with Crippen molar-refractivity contribution in [1.29, 1.82) is 0 Å². The first-order valence-corrected chi connectivity index (χ1v) is 19.7. The van der Waals surface area contributed by atoms with Crippen molar-refractivity contribution in [3.63, 3.8) is 0 Å². The summed E-state index contributed by atoms with van der Waals surface area (Å²) >= 11 is 0.169. The van der Waals surface area contributed by atoms with Crippen LogP contribution in [0.3, 0.4) is 0 Å². The summed E-state index contributed by atoms with van der Waals surface area (Å²) in [7, 11) is 0. The quantitative estimate of drug-likeness (QED) is 0.164. The standard InChI is InChI=1S/C49H29N3OSe/c1-3-13-30(14-4-1)35-19-10-21-37-38-22-11-20-36(46(38)54-45(35)37)33-27-28-34-32(29-33)17-9-23-39(34)48-50-47(31-15-5-2-6-16-31)51-49(52-48)41-24-12-26-43-44(41)40-18-7-8-25-42(40)53-43/h1-29H. The molecular weight excluding hydrogens is 726 g/mol. The number of hydrogen-bond donors (Lipinski definition) is 0. The number of para-hydroxylation sites is 1. The van der Waals surface area contributed by atoms with E-state index >= 15 is 0 Å². The number of furan rings is 1. The van der Waals surface area contributed by atoms with Crippen molar-refractivity contribution >= 4 is 66.5 Å². The molecule has 0 radical (unpaired) electrons. The van der Waals surface area contributed by atoms with Gasteiger partial charge in [-0.25, -0.2) is 0 Å². The zero-order valence-electron chi connectivity index (χ0n) is 28.9. The van der Waals surface area contributed by atoms with Crippen LogP contribution >= 0.6 is 0 Å². The molecule has 11 rings (SSSR count). The molecule has 3 aromatic heterocycles. The Bertz CT molecular complexity index is 3220.